The fourth-order valence-electron chi connectivity index (χ4n) is 4.54. The maximum absolute atomic E-state index is 15.1. The van der Waals surface area contributed by atoms with Crippen LogP contribution in [0.4, 0.5) is 29.1 Å². The van der Waals surface area contributed by atoms with Gasteiger partial charge in [0.15, 0.2) is 11.0 Å². The molecule has 0 radical (unpaired) electrons. The molecule has 2 aromatic heterocycles. The molecule has 0 saturated heterocycles. The first-order valence-corrected chi connectivity index (χ1v) is 12.6. The summed E-state index contributed by atoms with van der Waals surface area (Å²) >= 11 is 5.92. The molecule has 0 aliphatic heterocycles. The minimum absolute atomic E-state index is 0.0994. The van der Waals surface area contributed by atoms with E-state index in [-0.39, 0.29) is 27.5 Å². The van der Waals surface area contributed by atoms with E-state index in [0.29, 0.717) is 28.2 Å². The number of aromatic nitrogens is 3. The summed E-state index contributed by atoms with van der Waals surface area (Å²) in [5.41, 5.74) is 6.98. The number of nitrogens with two attached hydrogens (primary N) is 1. The molecule has 1 saturated carbocycles. The van der Waals surface area contributed by atoms with Crippen molar-refractivity contribution in [3.05, 3.63) is 65.3 Å². The Labute approximate surface area is 211 Å². The lowest BCUT2D eigenvalue weighted by molar-refractivity contribution is -0.137. The van der Waals surface area contributed by atoms with Crippen LogP contribution in [0.15, 0.2) is 53.8 Å². The first-order chi connectivity index (χ1) is 17.1. The second-order valence-electron chi connectivity index (χ2n) is 8.55. The van der Waals surface area contributed by atoms with Crippen LogP contribution in [0, 0.1) is 5.82 Å². The number of hydrogen-bond donors (Lipinski definition) is 2. The molecule has 36 heavy (non-hydrogen) atoms. The van der Waals surface area contributed by atoms with Gasteiger partial charge in [0.05, 0.1) is 26.6 Å². The zero-order chi connectivity index (χ0) is 25.6. The predicted octanol–water partition coefficient (Wildman–Crippen LogP) is 6.74. The summed E-state index contributed by atoms with van der Waals surface area (Å²) in [4.78, 5) is 8.42. The molecule has 0 bridgehead atoms. The Balaban J connectivity index is 1.46. The molecule has 12 heteroatoms. The van der Waals surface area contributed by atoms with E-state index in [0.717, 1.165) is 37.8 Å². The smallest absolute Gasteiger partial charge is 0.383 e. The second-order valence-corrected chi connectivity index (χ2v) is 10.1. The van der Waals surface area contributed by atoms with E-state index in [9.17, 15) is 17.4 Å². The van der Waals surface area contributed by atoms with E-state index in [1.807, 2.05) is 6.20 Å². The molecule has 2 aromatic carbocycles. The monoisotopic (exact) mass is 537 g/mol. The van der Waals surface area contributed by atoms with Gasteiger partial charge >= 0.3 is 6.18 Å². The third-order valence-corrected chi connectivity index (χ3v) is 7.88. The SMILES string of the molecule is Nc1ncnc2c1c(-c1ccc(NS(=O)c3ccc(C(F)(F)F)cc3Cl)c(F)c1)cn2C1CCCC1. The molecule has 0 spiro atoms. The van der Waals surface area contributed by atoms with Crippen LogP contribution in [-0.2, 0) is 17.2 Å². The van der Waals surface area contributed by atoms with E-state index >= 15 is 4.39 Å². The zero-order valence-corrected chi connectivity index (χ0v) is 20.2. The predicted molar refractivity (Wildman–Crippen MR) is 131 cm³/mol. The van der Waals surface area contributed by atoms with Gasteiger partial charge in [-0.05, 0) is 48.7 Å². The van der Waals surface area contributed by atoms with Crippen LogP contribution < -0.4 is 10.5 Å². The summed E-state index contributed by atoms with van der Waals surface area (Å²) in [6.45, 7) is 0. The lowest BCUT2D eigenvalue weighted by Crippen LogP contribution is -2.09. The van der Waals surface area contributed by atoms with Gasteiger partial charge in [0.25, 0.3) is 0 Å². The number of benzene rings is 2. The minimum Gasteiger partial charge on any atom is -0.383 e. The summed E-state index contributed by atoms with van der Waals surface area (Å²) in [7, 11) is -2.10. The van der Waals surface area contributed by atoms with Gasteiger partial charge in [0, 0.05) is 17.8 Å². The number of anilines is 2. The van der Waals surface area contributed by atoms with Gasteiger partial charge in [-0.2, -0.15) is 13.2 Å². The Kier molecular flexibility index (Phi) is 6.37. The van der Waals surface area contributed by atoms with E-state index in [2.05, 4.69) is 19.3 Å². The number of nitrogens with zero attached hydrogens (tertiary/aromatic N) is 3. The van der Waals surface area contributed by atoms with Crippen LogP contribution >= 0.6 is 11.6 Å². The van der Waals surface area contributed by atoms with Crippen molar-refractivity contribution in [1.29, 1.82) is 0 Å². The van der Waals surface area contributed by atoms with Gasteiger partial charge < -0.3 is 10.3 Å². The van der Waals surface area contributed by atoms with Crippen LogP contribution in [0.25, 0.3) is 22.2 Å². The first kappa shape index (κ1) is 24.5. The number of halogens is 5. The highest BCUT2D eigenvalue weighted by atomic mass is 35.5. The lowest BCUT2D eigenvalue weighted by Gasteiger charge is -2.12. The Bertz CT molecular complexity index is 1480. The number of fused-ring (bicyclic) bond motifs is 1. The van der Waals surface area contributed by atoms with E-state index in [1.54, 1.807) is 6.07 Å². The Morgan fingerprint density at radius 2 is 1.86 bits per heavy atom. The molecule has 1 aliphatic rings. The first-order valence-electron chi connectivity index (χ1n) is 11.1. The molecule has 0 amide bonds. The number of nitrogens with one attached hydrogen (secondary N) is 1. The number of rotatable bonds is 5. The van der Waals surface area contributed by atoms with Gasteiger partial charge in [-0.1, -0.05) is 30.5 Å². The normalized spacial score (nSPS) is 15.5. The average Bonchev–Trinajstić information content (AvgIpc) is 3.48. The third kappa shape index (κ3) is 4.53. The highest BCUT2D eigenvalue weighted by molar-refractivity contribution is 7.86. The van der Waals surface area contributed by atoms with Crippen molar-refractivity contribution in [2.75, 3.05) is 10.5 Å². The van der Waals surface area contributed by atoms with Gasteiger partial charge in [0.1, 0.15) is 23.6 Å². The van der Waals surface area contributed by atoms with Crippen molar-refractivity contribution in [1.82, 2.24) is 14.5 Å². The number of nitrogen functional groups attached to an aromatic ring is 1. The van der Waals surface area contributed by atoms with Crippen molar-refractivity contribution < 1.29 is 21.8 Å². The molecule has 1 fully saturated rings. The molecular weight excluding hydrogens is 518 g/mol. The van der Waals surface area contributed by atoms with Crippen molar-refractivity contribution >= 4 is 45.1 Å². The molecule has 1 atom stereocenters. The summed E-state index contributed by atoms with van der Waals surface area (Å²) in [5.74, 6) is -0.423. The van der Waals surface area contributed by atoms with E-state index < -0.39 is 28.5 Å². The highest BCUT2D eigenvalue weighted by Crippen LogP contribution is 2.39. The van der Waals surface area contributed by atoms with E-state index in [4.69, 9.17) is 17.3 Å². The van der Waals surface area contributed by atoms with Gasteiger partial charge in [-0.25, -0.2) is 18.6 Å². The molecule has 4 aromatic rings. The molecule has 188 valence electrons. The molecular formula is C24H20ClF4N5OS. The van der Waals surface area contributed by atoms with E-state index in [1.165, 1.54) is 18.5 Å². The summed E-state index contributed by atoms with van der Waals surface area (Å²) in [6, 6.07) is 7.04. The Morgan fingerprint density at radius 3 is 2.53 bits per heavy atom. The standard InChI is InChI=1S/C24H20ClF4N5OS/c25-17-10-14(24(27,28)29)6-8-20(17)36(35)33-19-7-5-13(9-18(19)26)16-11-34(15-3-1-2-4-15)23-21(16)22(30)31-12-32-23/h5-12,15,33H,1-4H2,(H2,30,31,32). The summed E-state index contributed by atoms with van der Waals surface area (Å²) in [5, 5.41) is 0.285. The largest absolute Gasteiger partial charge is 0.416 e. The average molecular weight is 538 g/mol. The molecule has 6 nitrogen and oxygen atoms in total. The zero-order valence-electron chi connectivity index (χ0n) is 18.6. The second kappa shape index (κ2) is 9.36. The fraction of sp³-hybridized carbons (Fsp3) is 0.250. The van der Waals surface area contributed by atoms with Crippen molar-refractivity contribution in [2.24, 2.45) is 0 Å². The molecule has 2 heterocycles. The van der Waals surface area contributed by atoms with Crippen LogP contribution in [-0.4, -0.2) is 18.7 Å². The topological polar surface area (TPSA) is 85.8 Å². The molecule has 1 unspecified atom stereocenters. The molecule has 5 rings (SSSR count). The Hall–Kier alpha value is -3.18. The number of hydrogen-bond acceptors (Lipinski definition) is 4. The van der Waals surface area contributed by atoms with Crippen LogP contribution in [0.3, 0.4) is 0 Å². The van der Waals surface area contributed by atoms with Gasteiger partial charge in [-0.15, -0.1) is 0 Å². The maximum Gasteiger partial charge on any atom is 0.416 e. The molecule has 1 aliphatic carbocycles. The maximum atomic E-state index is 15.1. The number of alkyl halides is 3. The van der Waals surface area contributed by atoms with Crippen molar-refractivity contribution in [2.45, 2.75) is 42.8 Å². The highest BCUT2D eigenvalue weighted by Gasteiger charge is 2.31. The van der Waals surface area contributed by atoms with Gasteiger partial charge in [0.2, 0.25) is 0 Å². The molecule has 3 N–H and O–H groups in total. The van der Waals surface area contributed by atoms with Crippen LogP contribution in [0.5, 0.6) is 0 Å². The summed E-state index contributed by atoms with van der Waals surface area (Å²) in [6.07, 6.45) is 3.00. The quantitative estimate of drug-likeness (QED) is 0.276. The summed E-state index contributed by atoms with van der Waals surface area (Å²) < 4.78 is 71.0. The lowest BCUT2D eigenvalue weighted by atomic mass is 10.1. The van der Waals surface area contributed by atoms with Gasteiger partial charge in [-0.3, -0.25) is 4.72 Å². The third-order valence-electron chi connectivity index (χ3n) is 6.30. The van der Waals surface area contributed by atoms with Crippen LogP contribution in [0.1, 0.15) is 37.3 Å². The fourth-order valence-corrected chi connectivity index (χ4v) is 5.83. The van der Waals surface area contributed by atoms with Crippen molar-refractivity contribution in [3.8, 4) is 11.1 Å². The Morgan fingerprint density at radius 1 is 1.11 bits per heavy atom. The van der Waals surface area contributed by atoms with Crippen LogP contribution in [0.2, 0.25) is 5.02 Å². The minimum atomic E-state index is -4.59. The van der Waals surface area contributed by atoms with Crippen molar-refractivity contribution in [3.63, 3.8) is 0 Å².